The zero-order valence-corrected chi connectivity index (χ0v) is 14.2. The van der Waals surface area contributed by atoms with Crippen molar-refractivity contribution in [2.45, 2.75) is 6.92 Å². The number of imidazole rings is 1. The lowest BCUT2D eigenvalue weighted by molar-refractivity contribution is 0.0523. The van der Waals surface area contributed by atoms with Gasteiger partial charge in [0.25, 0.3) is 5.56 Å². The molecule has 0 amide bonds. The van der Waals surface area contributed by atoms with Crippen molar-refractivity contribution >= 4 is 17.0 Å². The maximum Gasteiger partial charge on any atom is 0.345 e. The van der Waals surface area contributed by atoms with Gasteiger partial charge in [-0.15, -0.1) is 0 Å². The molecule has 0 aliphatic rings. The Morgan fingerprint density at radius 1 is 1.15 bits per heavy atom. The first-order chi connectivity index (χ1) is 12.3. The van der Waals surface area contributed by atoms with Gasteiger partial charge >= 0.3 is 17.3 Å². The van der Waals surface area contributed by atoms with Crippen molar-refractivity contribution in [1.82, 2.24) is 18.7 Å². The molecule has 0 fully saturated rings. The minimum absolute atomic E-state index is 0.0316. The molecule has 136 valence electrons. The predicted molar refractivity (Wildman–Crippen MR) is 90.3 cm³/mol. The number of benzene rings is 1. The van der Waals surface area contributed by atoms with Crippen molar-refractivity contribution in [2.75, 3.05) is 6.61 Å². The van der Waals surface area contributed by atoms with Gasteiger partial charge in [-0.05, 0) is 13.0 Å². The fourth-order valence-electron chi connectivity index (χ4n) is 2.70. The molecule has 2 aromatic heterocycles. The molecule has 0 saturated heterocycles. The molecule has 0 spiro atoms. The van der Waals surface area contributed by atoms with E-state index in [1.54, 1.807) is 6.92 Å². The van der Waals surface area contributed by atoms with Gasteiger partial charge in [0.15, 0.2) is 0 Å². The number of hydrogen-bond acceptors (Lipinski definition) is 5. The van der Waals surface area contributed by atoms with E-state index in [1.807, 2.05) is 4.98 Å². The number of H-pyrrole nitrogens is 1. The molecule has 10 heteroatoms. The average molecular weight is 362 g/mol. The third kappa shape index (κ3) is 2.55. The van der Waals surface area contributed by atoms with Gasteiger partial charge in [0.2, 0.25) is 0 Å². The van der Waals surface area contributed by atoms with E-state index in [0.29, 0.717) is 11.0 Å². The number of rotatable bonds is 3. The summed E-state index contributed by atoms with van der Waals surface area (Å²) in [5.74, 6) is -1.74. The lowest BCUT2D eigenvalue weighted by Crippen LogP contribution is -2.33. The zero-order chi connectivity index (χ0) is 19.2. The highest BCUT2D eigenvalue weighted by Crippen LogP contribution is 2.20. The van der Waals surface area contributed by atoms with E-state index in [0.717, 1.165) is 16.8 Å². The van der Waals surface area contributed by atoms with Crippen molar-refractivity contribution in [3.05, 3.63) is 61.0 Å². The molecule has 26 heavy (non-hydrogen) atoms. The summed E-state index contributed by atoms with van der Waals surface area (Å²) in [6.45, 7) is 1.59. The number of halogens is 1. The quantitative estimate of drug-likeness (QED) is 0.662. The Morgan fingerprint density at radius 2 is 1.77 bits per heavy atom. The number of esters is 1. The van der Waals surface area contributed by atoms with Gasteiger partial charge in [0.05, 0.1) is 23.3 Å². The third-order valence-electron chi connectivity index (χ3n) is 4.04. The Bertz CT molecular complexity index is 1210. The molecule has 3 aromatic rings. The topological polar surface area (TPSA) is 108 Å². The van der Waals surface area contributed by atoms with Gasteiger partial charge in [-0.2, -0.15) is 0 Å². The number of ether oxygens (including phenoxy) is 1. The Hall–Kier alpha value is -3.43. The van der Waals surface area contributed by atoms with Crippen molar-refractivity contribution in [2.24, 2.45) is 14.1 Å². The second-order valence-corrected chi connectivity index (χ2v) is 5.59. The second-order valence-electron chi connectivity index (χ2n) is 5.59. The Labute approximate surface area is 144 Å². The van der Waals surface area contributed by atoms with Crippen LogP contribution in [0.2, 0.25) is 0 Å². The van der Waals surface area contributed by atoms with Crippen molar-refractivity contribution < 1.29 is 13.9 Å². The van der Waals surface area contributed by atoms with E-state index in [9.17, 15) is 23.6 Å². The van der Waals surface area contributed by atoms with Gasteiger partial charge in [0, 0.05) is 26.4 Å². The first kappa shape index (κ1) is 17.4. The number of aromatic nitrogens is 4. The molecule has 0 bridgehead atoms. The molecular weight excluding hydrogens is 347 g/mol. The zero-order valence-electron chi connectivity index (χ0n) is 14.2. The SMILES string of the molecule is CCOC(=O)c1cn(-c2cc3c(cc2F)n(C)c(=O)n3C)c(=O)[nH]c1=O. The molecule has 0 aliphatic heterocycles. The van der Waals surface area contributed by atoms with Gasteiger partial charge in [-0.1, -0.05) is 0 Å². The molecule has 0 aliphatic carbocycles. The summed E-state index contributed by atoms with van der Waals surface area (Å²) >= 11 is 0. The first-order valence-corrected chi connectivity index (χ1v) is 7.64. The molecular formula is C16H15FN4O5. The van der Waals surface area contributed by atoms with Gasteiger partial charge in [0.1, 0.15) is 11.4 Å². The molecule has 0 unspecified atom stereocenters. The highest BCUT2D eigenvalue weighted by molar-refractivity contribution is 5.88. The van der Waals surface area contributed by atoms with E-state index in [-0.39, 0.29) is 18.0 Å². The highest BCUT2D eigenvalue weighted by atomic mass is 19.1. The van der Waals surface area contributed by atoms with Crippen LogP contribution in [-0.2, 0) is 18.8 Å². The number of carbonyl (C=O) groups excluding carboxylic acids is 1. The summed E-state index contributed by atoms with van der Waals surface area (Å²) < 4.78 is 22.7. The number of aryl methyl sites for hydroxylation is 2. The Kier molecular flexibility index (Phi) is 4.10. The molecule has 1 aromatic carbocycles. The molecule has 0 atom stereocenters. The fourth-order valence-corrected chi connectivity index (χ4v) is 2.70. The minimum Gasteiger partial charge on any atom is -0.462 e. The standard InChI is InChI=1S/C16H15FN4O5/c1-4-26-14(23)8-7-21(15(24)18-13(8)22)10-6-12-11(5-9(10)17)19(2)16(25)20(12)3/h5-7H,4H2,1-3H3,(H,18,22,24). The van der Waals surface area contributed by atoms with Crippen molar-refractivity contribution in [1.29, 1.82) is 0 Å². The summed E-state index contributed by atoms with van der Waals surface area (Å²) in [6.07, 6.45) is 0.921. The third-order valence-corrected chi connectivity index (χ3v) is 4.04. The predicted octanol–water partition coefficient (Wildman–Crippen LogP) is 0.0320. The normalized spacial score (nSPS) is 11.1. The number of fused-ring (bicyclic) bond motifs is 1. The molecule has 0 saturated carbocycles. The fraction of sp³-hybridized carbons (Fsp3) is 0.250. The van der Waals surface area contributed by atoms with Gasteiger partial charge in [-0.3, -0.25) is 23.5 Å². The lowest BCUT2D eigenvalue weighted by atomic mass is 10.2. The largest absolute Gasteiger partial charge is 0.462 e. The van der Waals surface area contributed by atoms with Crippen molar-refractivity contribution in [3.8, 4) is 5.69 Å². The van der Waals surface area contributed by atoms with E-state index in [2.05, 4.69) is 0 Å². The van der Waals surface area contributed by atoms with Crippen LogP contribution >= 0.6 is 0 Å². The minimum atomic E-state index is -0.934. The number of nitrogens with one attached hydrogen (secondary N) is 1. The molecule has 0 radical (unpaired) electrons. The highest BCUT2D eigenvalue weighted by Gasteiger charge is 2.18. The van der Waals surface area contributed by atoms with E-state index < -0.39 is 28.6 Å². The Morgan fingerprint density at radius 3 is 2.38 bits per heavy atom. The molecule has 9 nitrogen and oxygen atoms in total. The van der Waals surface area contributed by atoms with Crippen LogP contribution < -0.4 is 16.9 Å². The van der Waals surface area contributed by atoms with Gasteiger partial charge < -0.3 is 4.74 Å². The number of aromatic amines is 1. The van der Waals surface area contributed by atoms with Crippen LogP contribution in [0.25, 0.3) is 16.7 Å². The van der Waals surface area contributed by atoms with Crippen LogP contribution in [0.5, 0.6) is 0 Å². The smallest absolute Gasteiger partial charge is 0.345 e. The van der Waals surface area contributed by atoms with Crippen LogP contribution in [0.15, 0.2) is 32.7 Å². The van der Waals surface area contributed by atoms with Crippen LogP contribution in [0.3, 0.4) is 0 Å². The summed E-state index contributed by atoms with van der Waals surface area (Å²) in [4.78, 5) is 49.8. The van der Waals surface area contributed by atoms with Crippen LogP contribution in [0, 0.1) is 5.82 Å². The molecule has 1 N–H and O–H groups in total. The summed E-state index contributed by atoms with van der Waals surface area (Å²) in [5, 5.41) is 0. The molecule has 2 heterocycles. The maximum absolute atomic E-state index is 14.6. The lowest BCUT2D eigenvalue weighted by Gasteiger charge is -2.09. The summed E-state index contributed by atoms with van der Waals surface area (Å²) in [7, 11) is 3.00. The van der Waals surface area contributed by atoms with E-state index in [1.165, 1.54) is 29.3 Å². The molecule has 3 rings (SSSR count). The van der Waals surface area contributed by atoms with E-state index >= 15 is 0 Å². The van der Waals surface area contributed by atoms with Crippen LogP contribution in [0.4, 0.5) is 4.39 Å². The average Bonchev–Trinajstić information content (AvgIpc) is 2.79. The van der Waals surface area contributed by atoms with Crippen molar-refractivity contribution in [3.63, 3.8) is 0 Å². The number of hydrogen-bond donors (Lipinski definition) is 1. The van der Waals surface area contributed by atoms with E-state index in [4.69, 9.17) is 4.74 Å². The second kappa shape index (κ2) is 6.14. The summed E-state index contributed by atoms with van der Waals surface area (Å²) in [6, 6.07) is 2.40. The van der Waals surface area contributed by atoms with Crippen LogP contribution in [-0.4, -0.2) is 31.3 Å². The Balaban J connectivity index is 2.31. The maximum atomic E-state index is 14.6. The van der Waals surface area contributed by atoms with Gasteiger partial charge in [-0.25, -0.2) is 18.8 Å². The van der Waals surface area contributed by atoms with Crippen LogP contribution in [0.1, 0.15) is 17.3 Å². The number of carbonyl (C=O) groups is 1. The first-order valence-electron chi connectivity index (χ1n) is 7.64. The number of nitrogens with zero attached hydrogens (tertiary/aromatic N) is 3. The summed E-state index contributed by atoms with van der Waals surface area (Å²) in [5.41, 5.74) is -2.16. The monoisotopic (exact) mass is 362 g/mol.